The minimum absolute atomic E-state index is 0.185. The summed E-state index contributed by atoms with van der Waals surface area (Å²) in [4.78, 5) is 15.5. The molecule has 2 atom stereocenters. The highest BCUT2D eigenvalue weighted by Crippen LogP contribution is 2.36. The van der Waals surface area contributed by atoms with E-state index in [0.29, 0.717) is 0 Å². The molecule has 140 valence electrons. The maximum atomic E-state index is 13.7. The number of nitrogens with zero attached hydrogens (tertiary/aromatic N) is 1. The van der Waals surface area contributed by atoms with E-state index < -0.39 is 0 Å². The average molecular weight is 384 g/mol. The quantitative estimate of drug-likeness (QED) is 0.647. The molecule has 1 aliphatic rings. The van der Waals surface area contributed by atoms with Crippen LogP contribution < -0.4 is 5.32 Å². The Bertz CT molecular complexity index is 954. The number of nitrogens with one attached hydrogen (secondary N) is 1. The van der Waals surface area contributed by atoms with Gasteiger partial charge in [-0.15, -0.1) is 11.8 Å². The summed E-state index contributed by atoms with van der Waals surface area (Å²) in [6.07, 6.45) is 0.777. The first-order valence-corrected chi connectivity index (χ1v) is 9.95. The zero-order valence-electron chi connectivity index (χ0n) is 15.2. The van der Waals surface area contributed by atoms with Crippen molar-refractivity contribution < 1.29 is 13.6 Å². The van der Waals surface area contributed by atoms with Gasteiger partial charge < -0.3 is 14.6 Å². The first-order chi connectivity index (χ1) is 13.0. The second-order valence-corrected chi connectivity index (χ2v) is 7.93. The first kappa shape index (κ1) is 17.9. The van der Waals surface area contributed by atoms with Crippen molar-refractivity contribution in [2.75, 3.05) is 12.8 Å². The molecule has 4 rings (SSSR count). The lowest BCUT2D eigenvalue weighted by atomic mass is 10.0. The van der Waals surface area contributed by atoms with Crippen LogP contribution in [-0.4, -0.2) is 23.7 Å². The van der Waals surface area contributed by atoms with Crippen molar-refractivity contribution in [2.24, 2.45) is 0 Å². The van der Waals surface area contributed by atoms with Crippen molar-refractivity contribution in [3.63, 3.8) is 0 Å². The molecule has 4 nitrogen and oxygen atoms in total. The minimum atomic E-state index is -0.278. The fourth-order valence-corrected chi connectivity index (χ4v) is 4.45. The highest BCUT2D eigenvalue weighted by Gasteiger charge is 2.26. The number of halogens is 1. The van der Waals surface area contributed by atoms with Crippen molar-refractivity contribution >= 4 is 28.8 Å². The van der Waals surface area contributed by atoms with E-state index in [1.165, 1.54) is 12.1 Å². The number of carbonyl (C=O) groups is 1. The molecule has 27 heavy (non-hydrogen) atoms. The number of amides is 2. The topological polar surface area (TPSA) is 45.5 Å². The molecule has 2 aromatic carbocycles. The molecule has 2 heterocycles. The number of hydrogen-bond donors (Lipinski definition) is 1. The number of urea groups is 1. The van der Waals surface area contributed by atoms with Gasteiger partial charge in [-0.25, -0.2) is 9.18 Å². The third kappa shape index (κ3) is 3.54. The zero-order valence-corrected chi connectivity index (χ0v) is 16.1. The summed E-state index contributed by atoms with van der Waals surface area (Å²) in [6, 6.07) is 13.9. The maximum absolute atomic E-state index is 13.7. The maximum Gasteiger partial charge on any atom is 0.318 e. The van der Waals surface area contributed by atoms with Gasteiger partial charge in [0.25, 0.3) is 0 Å². The Hall–Kier alpha value is -2.47. The standard InChI is InChI=1S/C21H21FN2O2S/c1-13(19-11-14-5-3-4-6-18(14)26-19)24(2)21(25)23-17-9-10-27-20-8-7-15(22)12-16(17)20/h3-8,11-13,17H,9-10H2,1-2H3,(H,23,25)/t13-,17+/m0/s1. The summed E-state index contributed by atoms with van der Waals surface area (Å²) < 4.78 is 19.6. The molecule has 1 aromatic heterocycles. The molecule has 2 amide bonds. The van der Waals surface area contributed by atoms with Gasteiger partial charge in [0.1, 0.15) is 17.2 Å². The summed E-state index contributed by atoms with van der Waals surface area (Å²) in [5, 5.41) is 4.07. The molecule has 0 aliphatic carbocycles. The lowest BCUT2D eigenvalue weighted by Crippen LogP contribution is -2.41. The summed E-state index contributed by atoms with van der Waals surface area (Å²) in [5.41, 5.74) is 1.66. The number of hydrogen-bond acceptors (Lipinski definition) is 3. The fraction of sp³-hybridized carbons (Fsp3) is 0.286. The molecule has 0 saturated heterocycles. The molecule has 0 spiro atoms. The van der Waals surface area contributed by atoms with E-state index in [4.69, 9.17) is 4.42 Å². The van der Waals surface area contributed by atoms with Crippen LogP contribution in [0.15, 0.2) is 57.8 Å². The van der Waals surface area contributed by atoms with Crippen molar-refractivity contribution in [3.8, 4) is 0 Å². The Morgan fingerprint density at radius 1 is 1.30 bits per heavy atom. The van der Waals surface area contributed by atoms with Crippen LogP contribution in [0.1, 0.15) is 36.8 Å². The Morgan fingerprint density at radius 2 is 2.11 bits per heavy atom. The number of benzene rings is 2. The van der Waals surface area contributed by atoms with E-state index >= 15 is 0 Å². The lowest BCUT2D eigenvalue weighted by Gasteiger charge is -2.30. The molecule has 0 saturated carbocycles. The average Bonchev–Trinajstić information content (AvgIpc) is 3.11. The van der Waals surface area contributed by atoms with Crippen molar-refractivity contribution in [2.45, 2.75) is 30.3 Å². The Labute approximate surface area is 161 Å². The smallest absolute Gasteiger partial charge is 0.318 e. The van der Waals surface area contributed by atoms with Gasteiger partial charge in [-0.3, -0.25) is 0 Å². The first-order valence-electron chi connectivity index (χ1n) is 8.97. The Kier molecular flexibility index (Phi) is 4.83. The van der Waals surface area contributed by atoms with Crippen LogP contribution in [0.3, 0.4) is 0 Å². The molecule has 1 aliphatic heterocycles. The van der Waals surface area contributed by atoms with E-state index in [2.05, 4.69) is 5.32 Å². The normalized spacial score (nSPS) is 17.4. The second-order valence-electron chi connectivity index (χ2n) is 6.79. The minimum Gasteiger partial charge on any atom is -0.459 e. The molecule has 0 fully saturated rings. The van der Waals surface area contributed by atoms with Crippen LogP contribution >= 0.6 is 11.8 Å². The van der Waals surface area contributed by atoms with Gasteiger partial charge in [0, 0.05) is 23.1 Å². The Balaban J connectivity index is 1.50. The monoisotopic (exact) mass is 384 g/mol. The van der Waals surface area contributed by atoms with Gasteiger partial charge in [-0.1, -0.05) is 18.2 Å². The van der Waals surface area contributed by atoms with Crippen LogP contribution in [0.2, 0.25) is 0 Å². The van der Waals surface area contributed by atoms with Crippen LogP contribution in [0, 0.1) is 5.82 Å². The van der Waals surface area contributed by atoms with Crippen LogP contribution in [0.5, 0.6) is 0 Å². The number of carbonyl (C=O) groups excluding carboxylic acids is 1. The van der Waals surface area contributed by atoms with Crippen molar-refractivity contribution in [1.29, 1.82) is 0 Å². The number of fused-ring (bicyclic) bond motifs is 2. The van der Waals surface area contributed by atoms with Gasteiger partial charge >= 0.3 is 6.03 Å². The number of thioether (sulfide) groups is 1. The zero-order chi connectivity index (χ0) is 19.0. The van der Waals surface area contributed by atoms with E-state index in [0.717, 1.165) is 39.4 Å². The highest BCUT2D eigenvalue weighted by atomic mass is 32.2. The van der Waals surface area contributed by atoms with Gasteiger partial charge in [0.2, 0.25) is 0 Å². The van der Waals surface area contributed by atoms with Crippen LogP contribution in [0.25, 0.3) is 11.0 Å². The SMILES string of the molecule is C[C@@H](c1cc2ccccc2o1)N(C)C(=O)N[C@@H]1CCSc2ccc(F)cc21. The molecule has 6 heteroatoms. The molecule has 3 aromatic rings. The van der Waals surface area contributed by atoms with Gasteiger partial charge in [-0.05, 0) is 49.2 Å². The molecule has 1 N–H and O–H groups in total. The number of rotatable bonds is 3. The van der Waals surface area contributed by atoms with Crippen LogP contribution in [-0.2, 0) is 0 Å². The molecular formula is C21H21FN2O2S. The largest absolute Gasteiger partial charge is 0.459 e. The van der Waals surface area contributed by atoms with E-state index in [1.54, 1.807) is 29.8 Å². The number of furan rings is 1. The van der Waals surface area contributed by atoms with Gasteiger partial charge in [-0.2, -0.15) is 0 Å². The molecule has 0 radical (unpaired) electrons. The second kappa shape index (κ2) is 7.27. The van der Waals surface area contributed by atoms with Crippen LogP contribution in [0.4, 0.5) is 9.18 Å². The summed E-state index contributed by atoms with van der Waals surface area (Å²) in [7, 11) is 1.75. The predicted molar refractivity (Wildman–Crippen MR) is 105 cm³/mol. The van der Waals surface area contributed by atoms with Crippen molar-refractivity contribution in [1.82, 2.24) is 10.2 Å². The van der Waals surface area contributed by atoms with Gasteiger partial charge in [0.05, 0.1) is 12.1 Å². The van der Waals surface area contributed by atoms with E-state index in [1.807, 2.05) is 37.3 Å². The summed E-state index contributed by atoms with van der Waals surface area (Å²) in [5.74, 6) is 1.35. The van der Waals surface area contributed by atoms with E-state index in [-0.39, 0.29) is 23.9 Å². The predicted octanol–water partition coefficient (Wildman–Crippen LogP) is 5.51. The lowest BCUT2D eigenvalue weighted by molar-refractivity contribution is 0.183. The Morgan fingerprint density at radius 3 is 2.93 bits per heavy atom. The number of para-hydroxylation sites is 1. The third-order valence-electron chi connectivity index (χ3n) is 5.07. The summed E-state index contributed by atoms with van der Waals surface area (Å²) >= 11 is 1.70. The fourth-order valence-electron chi connectivity index (χ4n) is 3.34. The molecule has 0 unspecified atom stereocenters. The van der Waals surface area contributed by atoms with Gasteiger partial charge in [0.15, 0.2) is 0 Å². The van der Waals surface area contributed by atoms with E-state index in [9.17, 15) is 9.18 Å². The highest BCUT2D eigenvalue weighted by molar-refractivity contribution is 7.99. The van der Waals surface area contributed by atoms with Crippen molar-refractivity contribution in [3.05, 3.63) is 65.7 Å². The summed E-state index contributed by atoms with van der Waals surface area (Å²) in [6.45, 7) is 1.93. The molecule has 0 bridgehead atoms. The third-order valence-corrected chi connectivity index (χ3v) is 6.19. The molecular weight excluding hydrogens is 363 g/mol.